The van der Waals surface area contributed by atoms with Crippen LogP contribution in [0.1, 0.15) is 29.8 Å². The number of carbonyl (C=O) groups is 2. The van der Waals surface area contributed by atoms with E-state index in [1.165, 1.54) is 12.0 Å². The summed E-state index contributed by atoms with van der Waals surface area (Å²) in [6.45, 7) is 4.16. The highest BCUT2D eigenvalue weighted by molar-refractivity contribution is 5.94. The number of nitrogens with one attached hydrogen (secondary N) is 1. The minimum Gasteiger partial charge on any atom is -0.493 e. The quantitative estimate of drug-likeness (QED) is 0.700. The molecule has 0 heterocycles. The summed E-state index contributed by atoms with van der Waals surface area (Å²) >= 11 is 0. The topological polar surface area (TPSA) is 77.1 Å². The van der Waals surface area contributed by atoms with E-state index in [9.17, 15) is 9.59 Å². The molecule has 1 N–H and O–H groups in total. The van der Waals surface area contributed by atoms with Gasteiger partial charge in [-0.25, -0.2) is 0 Å². The third-order valence-electron chi connectivity index (χ3n) is 4.02. The Morgan fingerprint density at radius 3 is 2.31 bits per heavy atom. The van der Waals surface area contributed by atoms with Gasteiger partial charge in [0.2, 0.25) is 0 Å². The Bertz CT molecular complexity index is 832. The van der Waals surface area contributed by atoms with Crippen molar-refractivity contribution in [3.05, 3.63) is 53.6 Å². The van der Waals surface area contributed by atoms with Gasteiger partial charge in [0.15, 0.2) is 18.1 Å². The summed E-state index contributed by atoms with van der Waals surface area (Å²) in [5, 5.41) is 2.87. The van der Waals surface area contributed by atoms with Crippen LogP contribution < -0.4 is 19.5 Å². The molecule has 0 atom stereocenters. The maximum Gasteiger partial charge on any atom is 0.259 e. The molecule has 0 saturated carbocycles. The number of methoxy groups -OCH3 is 1. The Kier molecular flexibility index (Phi) is 7.88. The molecule has 0 spiro atoms. The lowest BCUT2D eigenvalue weighted by Gasteiger charge is -2.14. The normalized spacial score (nSPS) is 10.4. The van der Waals surface area contributed by atoms with E-state index in [0.29, 0.717) is 23.6 Å². The minimum absolute atomic E-state index is 0.0735. The average Bonchev–Trinajstić information content (AvgIpc) is 2.70. The molecule has 29 heavy (non-hydrogen) atoms. The number of ether oxygens (including phenoxy) is 3. The summed E-state index contributed by atoms with van der Waals surface area (Å²) in [7, 11) is 4.86. The Hall–Kier alpha value is -3.22. The van der Waals surface area contributed by atoms with Crippen molar-refractivity contribution in [1.29, 1.82) is 0 Å². The molecule has 0 aromatic heterocycles. The Balaban J connectivity index is 1.95. The molecule has 2 aromatic rings. The second kappa shape index (κ2) is 10.4. The number of nitrogens with zero attached hydrogens (tertiary/aromatic N) is 1. The standard InChI is InChI=1S/C22H28N2O5/c1-15(2)29-18-9-7-17(8-10-18)22(26)23-13-16-6-11-19(20(12-16)27-5)28-14-21(25)24(3)4/h6-12,15H,13-14H2,1-5H3,(H,23,26). The number of amides is 2. The Morgan fingerprint density at radius 2 is 1.72 bits per heavy atom. The second-order valence-electron chi connectivity index (χ2n) is 6.94. The smallest absolute Gasteiger partial charge is 0.259 e. The summed E-state index contributed by atoms with van der Waals surface area (Å²) in [5.74, 6) is 1.37. The number of rotatable bonds is 9. The molecule has 2 aromatic carbocycles. The van der Waals surface area contributed by atoms with E-state index >= 15 is 0 Å². The van der Waals surface area contributed by atoms with Crippen LogP contribution in [0, 0.1) is 0 Å². The third-order valence-corrected chi connectivity index (χ3v) is 4.02. The van der Waals surface area contributed by atoms with Crippen molar-refractivity contribution in [2.75, 3.05) is 27.8 Å². The highest BCUT2D eigenvalue weighted by Crippen LogP contribution is 2.28. The Labute approximate surface area is 171 Å². The molecule has 7 nitrogen and oxygen atoms in total. The van der Waals surface area contributed by atoms with Crippen LogP contribution >= 0.6 is 0 Å². The Morgan fingerprint density at radius 1 is 1.03 bits per heavy atom. The molecule has 2 amide bonds. The summed E-state index contributed by atoms with van der Waals surface area (Å²) in [6.07, 6.45) is 0.0811. The number of carbonyl (C=O) groups excluding carboxylic acids is 2. The maximum absolute atomic E-state index is 12.4. The third kappa shape index (κ3) is 6.71. The van der Waals surface area contributed by atoms with Gasteiger partial charge in [-0.05, 0) is 55.8 Å². The molecular formula is C22H28N2O5. The average molecular weight is 400 g/mol. The summed E-state index contributed by atoms with van der Waals surface area (Å²) < 4.78 is 16.4. The number of hydrogen-bond acceptors (Lipinski definition) is 5. The number of likely N-dealkylation sites (N-methyl/N-ethyl adjacent to an activating group) is 1. The molecule has 0 unspecified atom stereocenters. The lowest BCUT2D eigenvalue weighted by atomic mass is 10.1. The van der Waals surface area contributed by atoms with Gasteiger partial charge in [0, 0.05) is 26.2 Å². The molecule has 0 radical (unpaired) electrons. The highest BCUT2D eigenvalue weighted by Gasteiger charge is 2.11. The lowest BCUT2D eigenvalue weighted by Crippen LogP contribution is -2.27. The van der Waals surface area contributed by atoms with Crippen molar-refractivity contribution in [2.24, 2.45) is 0 Å². The maximum atomic E-state index is 12.4. The largest absolute Gasteiger partial charge is 0.493 e. The van der Waals surface area contributed by atoms with Gasteiger partial charge in [0.25, 0.3) is 11.8 Å². The molecule has 0 bridgehead atoms. The predicted molar refractivity (Wildman–Crippen MR) is 111 cm³/mol. The molecule has 0 aliphatic heterocycles. The van der Waals surface area contributed by atoms with Crippen molar-refractivity contribution in [3.8, 4) is 17.2 Å². The minimum atomic E-state index is -0.183. The molecule has 156 valence electrons. The monoisotopic (exact) mass is 400 g/mol. The number of benzene rings is 2. The fourth-order valence-electron chi connectivity index (χ4n) is 2.45. The molecule has 0 aliphatic carbocycles. The summed E-state index contributed by atoms with van der Waals surface area (Å²) in [5.41, 5.74) is 1.40. The van der Waals surface area contributed by atoms with E-state index in [1.54, 1.807) is 50.5 Å². The first kappa shape index (κ1) is 22.1. The zero-order valence-electron chi connectivity index (χ0n) is 17.5. The van der Waals surface area contributed by atoms with Gasteiger partial charge in [-0.2, -0.15) is 0 Å². The van der Waals surface area contributed by atoms with E-state index in [2.05, 4.69) is 5.32 Å². The molecule has 7 heteroatoms. The van der Waals surface area contributed by atoms with Crippen LogP contribution in [-0.2, 0) is 11.3 Å². The van der Waals surface area contributed by atoms with E-state index in [4.69, 9.17) is 14.2 Å². The molecule has 2 rings (SSSR count). The molecule has 0 aliphatic rings. The fraction of sp³-hybridized carbons (Fsp3) is 0.364. The van der Waals surface area contributed by atoms with Gasteiger partial charge in [0.05, 0.1) is 13.2 Å². The molecule has 0 saturated heterocycles. The van der Waals surface area contributed by atoms with E-state index in [1.807, 2.05) is 19.9 Å². The second-order valence-corrected chi connectivity index (χ2v) is 6.94. The van der Waals surface area contributed by atoms with Crippen molar-refractivity contribution in [1.82, 2.24) is 10.2 Å². The van der Waals surface area contributed by atoms with Crippen LogP contribution in [0.3, 0.4) is 0 Å². The van der Waals surface area contributed by atoms with E-state index < -0.39 is 0 Å². The number of hydrogen-bond donors (Lipinski definition) is 1. The molecular weight excluding hydrogens is 372 g/mol. The van der Waals surface area contributed by atoms with Crippen LogP contribution in [0.15, 0.2) is 42.5 Å². The van der Waals surface area contributed by atoms with Crippen molar-refractivity contribution >= 4 is 11.8 Å². The van der Waals surface area contributed by atoms with Crippen LogP contribution in [0.5, 0.6) is 17.2 Å². The van der Waals surface area contributed by atoms with Crippen LogP contribution in [0.4, 0.5) is 0 Å². The SMILES string of the molecule is COc1cc(CNC(=O)c2ccc(OC(C)C)cc2)ccc1OCC(=O)N(C)C. The van der Waals surface area contributed by atoms with Gasteiger partial charge in [-0.3, -0.25) is 9.59 Å². The van der Waals surface area contributed by atoms with Crippen molar-refractivity contribution < 1.29 is 23.8 Å². The summed E-state index contributed by atoms with van der Waals surface area (Å²) in [6, 6.07) is 12.3. The van der Waals surface area contributed by atoms with Crippen LogP contribution in [0.25, 0.3) is 0 Å². The van der Waals surface area contributed by atoms with E-state index in [-0.39, 0.29) is 24.5 Å². The van der Waals surface area contributed by atoms with Gasteiger partial charge in [-0.15, -0.1) is 0 Å². The van der Waals surface area contributed by atoms with Gasteiger partial charge >= 0.3 is 0 Å². The van der Waals surface area contributed by atoms with Crippen molar-refractivity contribution in [3.63, 3.8) is 0 Å². The fourth-order valence-corrected chi connectivity index (χ4v) is 2.45. The van der Waals surface area contributed by atoms with Gasteiger partial charge in [-0.1, -0.05) is 6.07 Å². The van der Waals surface area contributed by atoms with Crippen LogP contribution in [-0.4, -0.2) is 50.6 Å². The first-order valence-electron chi connectivity index (χ1n) is 9.35. The van der Waals surface area contributed by atoms with Crippen molar-refractivity contribution in [2.45, 2.75) is 26.5 Å². The van der Waals surface area contributed by atoms with Gasteiger partial charge in [0.1, 0.15) is 5.75 Å². The summed E-state index contributed by atoms with van der Waals surface area (Å²) in [4.78, 5) is 25.5. The lowest BCUT2D eigenvalue weighted by molar-refractivity contribution is -0.130. The van der Waals surface area contributed by atoms with E-state index in [0.717, 1.165) is 11.3 Å². The molecule has 0 fully saturated rings. The predicted octanol–water partition coefficient (Wildman–Crippen LogP) is 2.88. The van der Waals surface area contributed by atoms with Gasteiger partial charge < -0.3 is 24.4 Å². The first-order chi connectivity index (χ1) is 13.8. The first-order valence-corrected chi connectivity index (χ1v) is 9.35. The zero-order chi connectivity index (χ0) is 21.4. The van der Waals surface area contributed by atoms with Crippen LogP contribution in [0.2, 0.25) is 0 Å². The zero-order valence-corrected chi connectivity index (χ0v) is 17.5. The highest BCUT2D eigenvalue weighted by atomic mass is 16.5.